The Morgan fingerprint density at radius 2 is 0.857 bits per heavy atom. The number of allylic oxidation sites excluding steroid dienone is 2. The van der Waals surface area contributed by atoms with Crippen molar-refractivity contribution in [1.82, 2.24) is 0 Å². The van der Waals surface area contributed by atoms with E-state index in [4.69, 9.17) is 5.11 Å². The quantitative estimate of drug-likeness (QED) is 0.138. The Balaban J connectivity index is 3.08. The first-order chi connectivity index (χ1) is 13.8. The lowest BCUT2D eigenvalue weighted by Gasteiger charge is -2.02. The first-order valence-corrected chi connectivity index (χ1v) is 12.6. The molecule has 0 aliphatic rings. The Morgan fingerprint density at radius 3 is 1.21 bits per heavy atom. The molecule has 0 fully saturated rings. The van der Waals surface area contributed by atoms with E-state index in [1.54, 1.807) is 0 Å². The number of carbonyl (C=O) groups is 1. The van der Waals surface area contributed by atoms with Crippen LogP contribution in [0.5, 0.6) is 0 Å². The van der Waals surface area contributed by atoms with Crippen LogP contribution in [0.15, 0.2) is 12.2 Å². The highest BCUT2D eigenvalue weighted by Crippen LogP contribution is 2.13. The van der Waals surface area contributed by atoms with Crippen LogP contribution in [0, 0.1) is 0 Å². The molecular formula is C26H50O2. The zero-order chi connectivity index (χ0) is 20.5. The molecule has 0 saturated carbocycles. The maximum absolute atomic E-state index is 10.4. The first kappa shape index (κ1) is 27.2. The SMILES string of the molecule is CCCCCCCCCCCCCCC=CCCCCCCCCCC(=O)O. The molecule has 0 amide bonds. The summed E-state index contributed by atoms with van der Waals surface area (Å²) < 4.78 is 0. The van der Waals surface area contributed by atoms with Crippen molar-refractivity contribution in [3.05, 3.63) is 12.2 Å². The van der Waals surface area contributed by atoms with Crippen LogP contribution >= 0.6 is 0 Å². The van der Waals surface area contributed by atoms with Gasteiger partial charge >= 0.3 is 5.97 Å². The molecule has 0 radical (unpaired) electrons. The lowest BCUT2D eigenvalue weighted by Crippen LogP contribution is -1.93. The van der Waals surface area contributed by atoms with E-state index >= 15 is 0 Å². The van der Waals surface area contributed by atoms with Gasteiger partial charge in [0.15, 0.2) is 0 Å². The molecule has 0 saturated heterocycles. The van der Waals surface area contributed by atoms with E-state index < -0.39 is 5.97 Å². The molecular weight excluding hydrogens is 344 g/mol. The summed E-state index contributed by atoms with van der Waals surface area (Å²) in [6.45, 7) is 2.29. The van der Waals surface area contributed by atoms with Gasteiger partial charge in [-0.3, -0.25) is 4.79 Å². The smallest absolute Gasteiger partial charge is 0.303 e. The Kier molecular flexibility index (Phi) is 23.6. The molecule has 0 aliphatic heterocycles. The van der Waals surface area contributed by atoms with E-state index in [1.807, 2.05) is 0 Å². The van der Waals surface area contributed by atoms with E-state index in [9.17, 15) is 4.79 Å². The molecule has 0 aromatic carbocycles. The minimum atomic E-state index is -0.657. The second-order valence-corrected chi connectivity index (χ2v) is 8.56. The monoisotopic (exact) mass is 394 g/mol. The van der Waals surface area contributed by atoms with E-state index in [2.05, 4.69) is 19.1 Å². The number of aliphatic carboxylic acids is 1. The van der Waals surface area contributed by atoms with Crippen molar-refractivity contribution >= 4 is 5.97 Å². The van der Waals surface area contributed by atoms with Crippen molar-refractivity contribution in [2.45, 2.75) is 148 Å². The summed E-state index contributed by atoms with van der Waals surface area (Å²) in [5.74, 6) is -0.657. The molecule has 0 atom stereocenters. The summed E-state index contributed by atoms with van der Waals surface area (Å²) in [4.78, 5) is 10.4. The third-order valence-corrected chi connectivity index (χ3v) is 5.65. The van der Waals surface area contributed by atoms with Gasteiger partial charge in [0.05, 0.1) is 0 Å². The Labute approximate surface area is 176 Å². The third kappa shape index (κ3) is 25.2. The van der Waals surface area contributed by atoms with Crippen LogP contribution < -0.4 is 0 Å². The molecule has 0 aliphatic carbocycles. The number of hydrogen-bond donors (Lipinski definition) is 1. The molecule has 2 nitrogen and oxygen atoms in total. The predicted octanol–water partition coefficient (Wildman–Crippen LogP) is 9.23. The van der Waals surface area contributed by atoms with Gasteiger partial charge in [-0.25, -0.2) is 0 Å². The minimum Gasteiger partial charge on any atom is -0.481 e. The van der Waals surface area contributed by atoms with Crippen LogP contribution in [-0.4, -0.2) is 11.1 Å². The lowest BCUT2D eigenvalue weighted by atomic mass is 10.0. The van der Waals surface area contributed by atoms with Gasteiger partial charge < -0.3 is 5.11 Å². The number of carboxylic acid groups (broad SMARTS) is 1. The summed E-state index contributed by atoms with van der Waals surface area (Å²) in [5.41, 5.74) is 0. The van der Waals surface area contributed by atoms with Gasteiger partial charge in [0.1, 0.15) is 0 Å². The van der Waals surface area contributed by atoms with Gasteiger partial charge in [0.25, 0.3) is 0 Å². The van der Waals surface area contributed by atoms with Crippen LogP contribution in [0.25, 0.3) is 0 Å². The summed E-state index contributed by atoms with van der Waals surface area (Å²) in [6.07, 6.45) is 33.0. The Morgan fingerprint density at radius 1 is 0.536 bits per heavy atom. The fourth-order valence-corrected chi connectivity index (χ4v) is 3.76. The molecule has 0 bridgehead atoms. The number of hydrogen-bond acceptors (Lipinski definition) is 1. The molecule has 0 heterocycles. The van der Waals surface area contributed by atoms with Gasteiger partial charge in [-0.15, -0.1) is 0 Å². The third-order valence-electron chi connectivity index (χ3n) is 5.65. The largest absolute Gasteiger partial charge is 0.481 e. The van der Waals surface area contributed by atoms with Gasteiger partial charge in [-0.1, -0.05) is 122 Å². The number of carboxylic acids is 1. The van der Waals surface area contributed by atoms with Crippen LogP contribution in [0.1, 0.15) is 148 Å². The van der Waals surface area contributed by atoms with Crippen LogP contribution in [-0.2, 0) is 4.79 Å². The van der Waals surface area contributed by atoms with E-state index in [0.717, 1.165) is 12.8 Å². The summed E-state index contributed by atoms with van der Waals surface area (Å²) >= 11 is 0. The predicted molar refractivity (Wildman–Crippen MR) is 124 cm³/mol. The highest BCUT2D eigenvalue weighted by molar-refractivity contribution is 5.66. The Hall–Kier alpha value is -0.790. The molecule has 0 rings (SSSR count). The first-order valence-electron chi connectivity index (χ1n) is 12.6. The second kappa shape index (κ2) is 24.2. The van der Waals surface area contributed by atoms with Crippen LogP contribution in [0.2, 0.25) is 0 Å². The summed E-state index contributed by atoms with van der Waals surface area (Å²) in [7, 11) is 0. The normalized spacial score (nSPS) is 11.5. The van der Waals surface area contributed by atoms with Crippen LogP contribution in [0.3, 0.4) is 0 Å². The van der Waals surface area contributed by atoms with Crippen molar-refractivity contribution in [1.29, 1.82) is 0 Å². The van der Waals surface area contributed by atoms with Crippen molar-refractivity contribution in [3.63, 3.8) is 0 Å². The molecule has 0 unspecified atom stereocenters. The van der Waals surface area contributed by atoms with Crippen molar-refractivity contribution in [2.75, 3.05) is 0 Å². The van der Waals surface area contributed by atoms with Gasteiger partial charge in [-0.05, 0) is 32.1 Å². The number of rotatable bonds is 23. The molecule has 2 heteroatoms. The molecule has 0 spiro atoms. The zero-order valence-electron chi connectivity index (χ0n) is 19.1. The minimum absolute atomic E-state index is 0.337. The zero-order valence-corrected chi connectivity index (χ0v) is 19.1. The lowest BCUT2D eigenvalue weighted by molar-refractivity contribution is -0.137. The highest BCUT2D eigenvalue weighted by atomic mass is 16.4. The standard InChI is InChI=1S/C26H50O2/c1-2-3-4-5-6-7-8-9-10-11-12-13-14-15-16-17-18-19-20-21-22-23-24-25-26(27)28/h15-16H,2-14,17-25H2,1H3,(H,27,28). The summed E-state index contributed by atoms with van der Waals surface area (Å²) in [6, 6.07) is 0. The molecule has 28 heavy (non-hydrogen) atoms. The van der Waals surface area contributed by atoms with Crippen LogP contribution in [0.4, 0.5) is 0 Å². The summed E-state index contributed by atoms with van der Waals surface area (Å²) in [5, 5.41) is 8.58. The van der Waals surface area contributed by atoms with Gasteiger partial charge in [0, 0.05) is 6.42 Å². The highest BCUT2D eigenvalue weighted by Gasteiger charge is 1.96. The molecule has 1 N–H and O–H groups in total. The van der Waals surface area contributed by atoms with E-state index in [1.165, 1.54) is 122 Å². The van der Waals surface area contributed by atoms with Gasteiger partial charge in [-0.2, -0.15) is 0 Å². The van der Waals surface area contributed by atoms with Gasteiger partial charge in [0.2, 0.25) is 0 Å². The topological polar surface area (TPSA) is 37.3 Å². The molecule has 166 valence electrons. The van der Waals surface area contributed by atoms with E-state index in [0.29, 0.717) is 6.42 Å². The van der Waals surface area contributed by atoms with Crippen molar-refractivity contribution in [3.8, 4) is 0 Å². The maximum Gasteiger partial charge on any atom is 0.303 e. The average Bonchev–Trinajstić information content (AvgIpc) is 2.68. The van der Waals surface area contributed by atoms with E-state index in [-0.39, 0.29) is 0 Å². The average molecular weight is 395 g/mol. The van der Waals surface area contributed by atoms with Crippen molar-refractivity contribution in [2.24, 2.45) is 0 Å². The second-order valence-electron chi connectivity index (χ2n) is 8.56. The molecule has 0 aromatic heterocycles. The molecule has 0 aromatic rings. The maximum atomic E-state index is 10.4. The number of unbranched alkanes of at least 4 members (excludes halogenated alkanes) is 19. The fraction of sp³-hybridized carbons (Fsp3) is 0.885. The van der Waals surface area contributed by atoms with Crippen molar-refractivity contribution < 1.29 is 9.90 Å². The Bertz CT molecular complexity index is 335. The fourth-order valence-electron chi connectivity index (χ4n) is 3.76.